The summed E-state index contributed by atoms with van der Waals surface area (Å²) < 4.78 is 25.8. The molecular weight excluding hydrogens is 262 g/mol. The maximum absolute atomic E-state index is 13.0. The van der Waals surface area contributed by atoms with E-state index in [1.165, 1.54) is 11.0 Å². The third kappa shape index (κ3) is 3.54. The van der Waals surface area contributed by atoms with E-state index in [-0.39, 0.29) is 11.7 Å². The van der Waals surface area contributed by atoms with Crippen molar-refractivity contribution in [2.45, 2.75) is 6.54 Å². The molecule has 104 valence electrons. The third-order valence-electron chi connectivity index (χ3n) is 2.78. The number of carbonyl (C=O) groups excluding carboxylic acids is 1. The first-order chi connectivity index (χ1) is 9.56. The molecule has 0 aromatic heterocycles. The Morgan fingerprint density at radius 1 is 1.10 bits per heavy atom. The molecule has 0 aliphatic rings. The number of hydrogen-bond donors (Lipinski definition) is 1. The summed E-state index contributed by atoms with van der Waals surface area (Å²) in [6.07, 6.45) is 0. The molecule has 2 rings (SSSR count). The van der Waals surface area contributed by atoms with Crippen LogP contribution in [0, 0.1) is 11.6 Å². The molecule has 2 aromatic carbocycles. The summed E-state index contributed by atoms with van der Waals surface area (Å²) in [5, 5.41) is 2.51. The number of anilines is 1. The van der Waals surface area contributed by atoms with Crippen LogP contribution in [0.15, 0.2) is 48.5 Å². The lowest BCUT2D eigenvalue weighted by molar-refractivity contribution is 0.220. The van der Waals surface area contributed by atoms with Crippen molar-refractivity contribution in [3.8, 4) is 0 Å². The highest BCUT2D eigenvalue weighted by atomic mass is 19.2. The van der Waals surface area contributed by atoms with Gasteiger partial charge in [0.15, 0.2) is 11.6 Å². The first-order valence-corrected chi connectivity index (χ1v) is 6.07. The average molecular weight is 276 g/mol. The summed E-state index contributed by atoms with van der Waals surface area (Å²) in [6, 6.07) is 12.3. The normalized spacial score (nSPS) is 10.2. The van der Waals surface area contributed by atoms with Crippen LogP contribution < -0.4 is 5.32 Å². The topological polar surface area (TPSA) is 32.3 Å². The Bertz CT molecular complexity index is 602. The number of benzene rings is 2. The third-order valence-corrected chi connectivity index (χ3v) is 2.78. The van der Waals surface area contributed by atoms with Gasteiger partial charge in [-0.3, -0.25) is 0 Å². The number of halogens is 2. The first-order valence-electron chi connectivity index (χ1n) is 6.07. The molecule has 0 atom stereocenters. The van der Waals surface area contributed by atoms with Crippen LogP contribution in [0.25, 0.3) is 0 Å². The highest BCUT2D eigenvalue weighted by Crippen LogP contribution is 2.14. The number of rotatable bonds is 3. The van der Waals surface area contributed by atoms with Gasteiger partial charge in [-0.2, -0.15) is 0 Å². The van der Waals surface area contributed by atoms with Crippen LogP contribution in [0.5, 0.6) is 0 Å². The van der Waals surface area contributed by atoms with Gasteiger partial charge in [0.05, 0.1) is 0 Å². The molecule has 1 N–H and O–H groups in total. The van der Waals surface area contributed by atoms with Gasteiger partial charge in [0, 0.05) is 25.3 Å². The van der Waals surface area contributed by atoms with Gasteiger partial charge in [-0.05, 0) is 17.7 Å². The van der Waals surface area contributed by atoms with Crippen molar-refractivity contribution in [3.63, 3.8) is 0 Å². The summed E-state index contributed by atoms with van der Waals surface area (Å²) in [5.74, 6) is -1.94. The number of nitrogens with zero attached hydrogens (tertiary/aromatic N) is 1. The van der Waals surface area contributed by atoms with E-state index < -0.39 is 11.6 Å². The van der Waals surface area contributed by atoms with Crippen LogP contribution in [-0.2, 0) is 6.54 Å². The van der Waals surface area contributed by atoms with E-state index in [9.17, 15) is 13.6 Å². The SMILES string of the molecule is CN(Cc1ccccc1)C(=O)Nc1ccc(F)c(F)c1. The summed E-state index contributed by atoms with van der Waals surface area (Å²) in [6.45, 7) is 0.427. The van der Waals surface area contributed by atoms with Crippen molar-refractivity contribution in [3.05, 3.63) is 65.7 Å². The van der Waals surface area contributed by atoms with E-state index in [1.807, 2.05) is 30.3 Å². The van der Waals surface area contributed by atoms with Gasteiger partial charge in [0.25, 0.3) is 0 Å². The number of urea groups is 1. The molecular formula is C15H14F2N2O. The van der Waals surface area contributed by atoms with Gasteiger partial charge < -0.3 is 10.2 Å². The van der Waals surface area contributed by atoms with Gasteiger partial charge in [-0.25, -0.2) is 13.6 Å². The molecule has 0 saturated carbocycles. The molecule has 3 nitrogen and oxygen atoms in total. The number of nitrogens with one attached hydrogen (secondary N) is 1. The molecule has 0 unspecified atom stereocenters. The molecule has 0 saturated heterocycles. The zero-order valence-electron chi connectivity index (χ0n) is 10.9. The van der Waals surface area contributed by atoms with Crippen LogP contribution >= 0.6 is 0 Å². The monoisotopic (exact) mass is 276 g/mol. The molecule has 0 heterocycles. The van der Waals surface area contributed by atoms with Crippen molar-refractivity contribution in [1.82, 2.24) is 4.90 Å². The largest absolute Gasteiger partial charge is 0.323 e. The number of carbonyl (C=O) groups is 1. The summed E-state index contributed by atoms with van der Waals surface area (Å²) >= 11 is 0. The molecule has 0 fully saturated rings. The highest BCUT2D eigenvalue weighted by molar-refractivity contribution is 5.89. The van der Waals surface area contributed by atoms with Crippen molar-refractivity contribution < 1.29 is 13.6 Å². The van der Waals surface area contributed by atoms with Gasteiger partial charge >= 0.3 is 6.03 Å². The lowest BCUT2D eigenvalue weighted by atomic mass is 10.2. The zero-order valence-corrected chi connectivity index (χ0v) is 10.9. The van der Waals surface area contributed by atoms with Gasteiger partial charge in [-0.1, -0.05) is 30.3 Å². The predicted octanol–water partition coefficient (Wildman–Crippen LogP) is 3.63. The van der Waals surface area contributed by atoms with E-state index in [4.69, 9.17) is 0 Å². The standard InChI is InChI=1S/C15H14F2N2O/c1-19(10-11-5-3-2-4-6-11)15(20)18-12-7-8-13(16)14(17)9-12/h2-9H,10H2,1H3,(H,18,20). The fraction of sp³-hybridized carbons (Fsp3) is 0.133. The highest BCUT2D eigenvalue weighted by Gasteiger charge is 2.10. The molecule has 0 aliphatic carbocycles. The Hall–Kier alpha value is -2.43. The molecule has 20 heavy (non-hydrogen) atoms. The lowest BCUT2D eigenvalue weighted by Gasteiger charge is -2.18. The molecule has 0 radical (unpaired) electrons. The smallest absolute Gasteiger partial charge is 0.321 e. The van der Waals surface area contributed by atoms with Crippen molar-refractivity contribution in [2.75, 3.05) is 12.4 Å². The molecule has 0 bridgehead atoms. The van der Waals surface area contributed by atoms with E-state index in [0.29, 0.717) is 6.54 Å². The fourth-order valence-electron chi connectivity index (χ4n) is 1.72. The van der Waals surface area contributed by atoms with Crippen molar-refractivity contribution in [1.29, 1.82) is 0 Å². The summed E-state index contributed by atoms with van der Waals surface area (Å²) in [4.78, 5) is 13.4. The van der Waals surface area contributed by atoms with Gasteiger partial charge in [0.2, 0.25) is 0 Å². The zero-order chi connectivity index (χ0) is 14.5. The maximum Gasteiger partial charge on any atom is 0.321 e. The Morgan fingerprint density at radius 3 is 2.45 bits per heavy atom. The lowest BCUT2D eigenvalue weighted by Crippen LogP contribution is -2.30. The molecule has 2 aromatic rings. The minimum Gasteiger partial charge on any atom is -0.323 e. The Morgan fingerprint density at radius 2 is 1.80 bits per heavy atom. The Labute approximate surface area is 115 Å². The maximum atomic E-state index is 13.0. The second-order valence-corrected chi connectivity index (χ2v) is 4.40. The van der Waals surface area contributed by atoms with Crippen LogP contribution in [0.1, 0.15) is 5.56 Å². The average Bonchev–Trinajstić information content (AvgIpc) is 2.44. The van der Waals surface area contributed by atoms with Crippen LogP contribution in [0.3, 0.4) is 0 Å². The van der Waals surface area contributed by atoms with Crippen LogP contribution in [0.2, 0.25) is 0 Å². The molecule has 2 amide bonds. The van der Waals surface area contributed by atoms with Crippen molar-refractivity contribution in [2.24, 2.45) is 0 Å². The minimum atomic E-state index is -0.992. The number of hydrogen-bond acceptors (Lipinski definition) is 1. The van der Waals surface area contributed by atoms with E-state index in [0.717, 1.165) is 17.7 Å². The van der Waals surface area contributed by atoms with Crippen LogP contribution in [-0.4, -0.2) is 18.0 Å². The Kier molecular flexibility index (Phi) is 4.30. The number of amides is 2. The van der Waals surface area contributed by atoms with Gasteiger partial charge in [0.1, 0.15) is 0 Å². The molecule has 5 heteroatoms. The molecule has 0 spiro atoms. The predicted molar refractivity (Wildman–Crippen MR) is 73.3 cm³/mol. The minimum absolute atomic E-state index is 0.216. The quantitative estimate of drug-likeness (QED) is 0.912. The fourth-order valence-corrected chi connectivity index (χ4v) is 1.72. The summed E-state index contributed by atoms with van der Waals surface area (Å²) in [7, 11) is 1.63. The van der Waals surface area contributed by atoms with E-state index in [2.05, 4.69) is 5.32 Å². The Balaban J connectivity index is 1.99. The van der Waals surface area contributed by atoms with Gasteiger partial charge in [-0.15, -0.1) is 0 Å². The second kappa shape index (κ2) is 6.14. The second-order valence-electron chi connectivity index (χ2n) is 4.40. The van der Waals surface area contributed by atoms with Crippen LogP contribution in [0.4, 0.5) is 19.3 Å². The first kappa shape index (κ1) is 14.0. The van der Waals surface area contributed by atoms with Crippen molar-refractivity contribution >= 4 is 11.7 Å². The van der Waals surface area contributed by atoms with E-state index >= 15 is 0 Å². The summed E-state index contributed by atoms with van der Waals surface area (Å²) in [5.41, 5.74) is 1.20. The van der Waals surface area contributed by atoms with E-state index in [1.54, 1.807) is 7.05 Å². The molecule has 0 aliphatic heterocycles.